The van der Waals surface area contributed by atoms with Crippen molar-refractivity contribution < 1.29 is 0 Å². The summed E-state index contributed by atoms with van der Waals surface area (Å²) in [5.41, 5.74) is 3.27. The van der Waals surface area contributed by atoms with Crippen LogP contribution in [0.15, 0.2) is 41.0 Å². The first-order valence-corrected chi connectivity index (χ1v) is 7.54. The van der Waals surface area contributed by atoms with Crippen molar-refractivity contribution in [2.24, 2.45) is 0 Å². The molecule has 0 unspecified atom stereocenters. The SMILES string of the molecule is Cc1cccnc1CNc1nc2ccc(Br)cc2s1. The molecule has 0 aliphatic carbocycles. The molecule has 0 amide bonds. The minimum atomic E-state index is 0.702. The zero-order chi connectivity index (χ0) is 13.2. The van der Waals surface area contributed by atoms with Gasteiger partial charge in [-0.05, 0) is 36.8 Å². The molecule has 0 radical (unpaired) electrons. The van der Waals surface area contributed by atoms with E-state index in [1.807, 2.05) is 24.4 Å². The number of nitrogens with one attached hydrogen (secondary N) is 1. The van der Waals surface area contributed by atoms with Crippen LogP contribution in [-0.2, 0) is 6.54 Å². The second-order valence-electron chi connectivity index (χ2n) is 4.25. The number of anilines is 1. The third-order valence-electron chi connectivity index (χ3n) is 2.88. The van der Waals surface area contributed by atoms with E-state index in [0.717, 1.165) is 20.8 Å². The van der Waals surface area contributed by atoms with Gasteiger partial charge in [-0.1, -0.05) is 33.3 Å². The van der Waals surface area contributed by atoms with E-state index in [2.05, 4.69) is 50.3 Å². The van der Waals surface area contributed by atoms with Gasteiger partial charge in [-0.15, -0.1) is 0 Å². The molecule has 1 aromatic carbocycles. The van der Waals surface area contributed by atoms with Gasteiger partial charge in [0.25, 0.3) is 0 Å². The summed E-state index contributed by atoms with van der Waals surface area (Å²) in [5.74, 6) is 0. The average molecular weight is 334 g/mol. The Morgan fingerprint density at radius 3 is 3.05 bits per heavy atom. The summed E-state index contributed by atoms with van der Waals surface area (Å²) < 4.78 is 2.25. The van der Waals surface area contributed by atoms with Crippen LogP contribution in [0.25, 0.3) is 10.2 Å². The van der Waals surface area contributed by atoms with Crippen molar-refractivity contribution >= 4 is 42.6 Å². The quantitative estimate of drug-likeness (QED) is 0.773. The number of thiazole rings is 1. The fraction of sp³-hybridized carbons (Fsp3) is 0.143. The fourth-order valence-corrected chi connectivity index (χ4v) is 3.25. The van der Waals surface area contributed by atoms with E-state index >= 15 is 0 Å². The van der Waals surface area contributed by atoms with Crippen LogP contribution in [0.5, 0.6) is 0 Å². The lowest BCUT2D eigenvalue weighted by molar-refractivity contribution is 1.02. The van der Waals surface area contributed by atoms with Crippen LogP contribution in [0.3, 0.4) is 0 Å². The lowest BCUT2D eigenvalue weighted by atomic mass is 10.2. The largest absolute Gasteiger partial charge is 0.356 e. The van der Waals surface area contributed by atoms with Crippen molar-refractivity contribution in [1.29, 1.82) is 0 Å². The van der Waals surface area contributed by atoms with Crippen molar-refractivity contribution in [2.45, 2.75) is 13.5 Å². The Balaban J connectivity index is 1.80. The molecule has 0 atom stereocenters. The van der Waals surface area contributed by atoms with Gasteiger partial charge in [0, 0.05) is 10.7 Å². The Kier molecular flexibility index (Phi) is 3.48. The molecule has 3 rings (SSSR count). The van der Waals surface area contributed by atoms with Crippen molar-refractivity contribution in [3.63, 3.8) is 0 Å². The van der Waals surface area contributed by atoms with Gasteiger partial charge in [-0.2, -0.15) is 0 Å². The standard InChI is InChI=1S/C14H12BrN3S/c1-9-3-2-6-16-12(9)8-17-14-18-11-5-4-10(15)7-13(11)19-14/h2-7H,8H2,1H3,(H,17,18). The Bertz CT molecular complexity index is 724. The number of fused-ring (bicyclic) bond motifs is 1. The van der Waals surface area contributed by atoms with Crippen LogP contribution in [0, 0.1) is 6.92 Å². The summed E-state index contributed by atoms with van der Waals surface area (Å²) in [6, 6.07) is 10.1. The molecule has 0 fully saturated rings. The maximum absolute atomic E-state index is 4.56. The minimum Gasteiger partial charge on any atom is -0.356 e. The van der Waals surface area contributed by atoms with E-state index in [-0.39, 0.29) is 0 Å². The van der Waals surface area contributed by atoms with Crippen molar-refractivity contribution in [2.75, 3.05) is 5.32 Å². The first kappa shape index (κ1) is 12.6. The molecule has 2 aromatic heterocycles. The molecule has 0 saturated heterocycles. The highest BCUT2D eigenvalue weighted by atomic mass is 79.9. The maximum Gasteiger partial charge on any atom is 0.184 e. The van der Waals surface area contributed by atoms with Crippen LogP contribution >= 0.6 is 27.3 Å². The van der Waals surface area contributed by atoms with Crippen LogP contribution in [0.1, 0.15) is 11.3 Å². The van der Waals surface area contributed by atoms with Gasteiger partial charge >= 0.3 is 0 Å². The monoisotopic (exact) mass is 333 g/mol. The number of aromatic nitrogens is 2. The Hall–Kier alpha value is -1.46. The molecule has 19 heavy (non-hydrogen) atoms. The summed E-state index contributed by atoms with van der Waals surface area (Å²) in [6.07, 6.45) is 1.82. The number of benzene rings is 1. The summed E-state index contributed by atoms with van der Waals surface area (Å²) in [5, 5.41) is 4.27. The maximum atomic E-state index is 4.56. The Morgan fingerprint density at radius 1 is 1.32 bits per heavy atom. The van der Waals surface area contributed by atoms with Crippen LogP contribution in [0.4, 0.5) is 5.13 Å². The normalized spacial score (nSPS) is 10.8. The topological polar surface area (TPSA) is 37.8 Å². The number of nitrogens with zero attached hydrogens (tertiary/aromatic N) is 2. The van der Waals surface area contributed by atoms with Gasteiger partial charge < -0.3 is 5.32 Å². The summed E-state index contributed by atoms with van der Waals surface area (Å²) in [6.45, 7) is 2.77. The predicted molar refractivity (Wildman–Crippen MR) is 83.6 cm³/mol. The number of pyridine rings is 1. The average Bonchev–Trinajstić information content (AvgIpc) is 2.79. The third-order valence-corrected chi connectivity index (χ3v) is 4.34. The van der Waals surface area contributed by atoms with Gasteiger partial charge in [0.2, 0.25) is 0 Å². The Morgan fingerprint density at radius 2 is 2.21 bits per heavy atom. The zero-order valence-corrected chi connectivity index (χ0v) is 12.8. The summed E-state index contributed by atoms with van der Waals surface area (Å²) in [4.78, 5) is 8.93. The first-order valence-electron chi connectivity index (χ1n) is 5.93. The predicted octanol–water partition coefficient (Wildman–Crippen LogP) is 4.37. The molecule has 0 saturated carbocycles. The van der Waals surface area contributed by atoms with Gasteiger partial charge in [0.15, 0.2) is 5.13 Å². The van der Waals surface area contributed by atoms with E-state index < -0.39 is 0 Å². The van der Waals surface area contributed by atoms with Gasteiger partial charge in [-0.3, -0.25) is 4.98 Å². The highest BCUT2D eigenvalue weighted by Crippen LogP contribution is 2.28. The van der Waals surface area contributed by atoms with E-state index in [4.69, 9.17) is 0 Å². The van der Waals surface area contributed by atoms with E-state index in [1.165, 1.54) is 10.3 Å². The molecule has 0 aliphatic rings. The van der Waals surface area contributed by atoms with E-state index in [1.54, 1.807) is 11.3 Å². The number of hydrogen-bond donors (Lipinski definition) is 1. The molecular formula is C14H12BrN3S. The number of halogens is 1. The molecular weight excluding hydrogens is 322 g/mol. The number of aryl methyl sites for hydroxylation is 1. The molecule has 3 nitrogen and oxygen atoms in total. The first-order chi connectivity index (χ1) is 9.22. The van der Waals surface area contributed by atoms with E-state index in [9.17, 15) is 0 Å². The van der Waals surface area contributed by atoms with Crippen LogP contribution in [-0.4, -0.2) is 9.97 Å². The Labute approximate surface area is 123 Å². The highest BCUT2D eigenvalue weighted by molar-refractivity contribution is 9.10. The third kappa shape index (κ3) is 2.77. The number of rotatable bonds is 3. The van der Waals surface area contributed by atoms with Crippen molar-refractivity contribution in [1.82, 2.24) is 9.97 Å². The molecule has 96 valence electrons. The van der Waals surface area contributed by atoms with Crippen LogP contribution in [0.2, 0.25) is 0 Å². The number of hydrogen-bond acceptors (Lipinski definition) is 4. The fourth-order valence-electron chi connectivity index (χ4n) is 1.84. The zero-order valence-electron chi connectivity index (χ0n) is 10.4. The second kappa shape index (κ2) is 5.27. The van der Waals surface area contributed by atoms with Crippen LogP contribution < -0.4 is 5.32 Å². The molecule has 0 aliphatic heterocycles. The van der Waals surface area contributed by atoms with Crippen molar-refractivity contribution in [3.05, 3.63) is 52.3 Å². The van der Waals surface area contributed by atoms with Gasteiger partial charge in [0.1, 0.15) is 0 Å². The summed E-state index contributed by atoms with van der Waals surface area (Å²) in [7, 11) is 0. The lowest BCUT2D eigenvalue weighted by Gasteiger charge is -2.04. The summed E-state index contributed by atoms with van der Waals surface area (Å²) >= 11 is 5.13. The van der Waals surface area contributed by atoms with Gasteiger partial charge in [-0.25, -0.2) is 4.98 Å². The lowest BCUT2D eigenvalue weighted by Crippen LogP contribution is -2.02. The molecule has 1 N–H and O–H groups in total. The van der Waals surface area contributed by atoms with E-state index in [0.29, 0.717) is 6.54 Å². The molecule has 0 spiro atoms. The molecule has 3 aromatic rings. The second-order valence-corrected chi connectivity index (χ2v) is 6.20. The highest BCUT2D eigenvalue weighted by Gasteiger charge is 2.05. The van der Waals surface area contributed by atoms with Gasteiger partial charge in [0.05, 0.1) is 22.5 Å². The minimum absolute atomic E-state index is 0.702. The smallest absolute Gasteiger partial charge is 0.184 e. The molecule has 0 bridgehead atoms. The van der Waals surface area contributed by atoms with Crippen molar-refractivity contribution in [3.8, 4) is 0 Å². The molecule has 2 heterocycles. The molecule has 5 heteroatoms.